The van der Waals surface area contributed by atoms with Crippen LogP contribution in [0.1, 0.15) is 41.0 Å². The molecule has 0 spiro atoms. The molecule has 3 unspecified atom stereocenters. The standard InChI is InChI=1S/C14H26N2O3/c1-7-14(5)13(18)15-11(9(2)3)12(17)16(14)8-10(4)19-6/h9-11H,7-8H2,1-6H3,(H,15,18). The normalized spacial score (nSPS) is 29.6. The summed E-state index contributed by atoms with van der Waals surface area (Å²) in [5.74, 6) is -0.00217. The summed E-state index contributed by atoms with van der Waals surface area (Å²) in [6.45, 7) is 9.97. The van der Waals surface area contributed by atoms with Gasteiger partial charge in [0.1, 0.15) is 11.6 Å². The van der Waals surface area contributed by atoms with Gasteiger partial charge in [0.25, 0.3) is 0 Å². The first-order valence-electron chi connectivity index (χ1n) is 6.93. The Morgan fingerprint density at radius 3 is 2.37 bits per heavy atom. The predicted molar refractivity (Wildman–Crippen MR) is 73.6 cm³/mol. The van der Waals surface area contributed by atoms with Crippen molar-refractivity contribution in [3.8, 4) is 0 Å². The number of rotatable bonds is 5. The Labute approximate surface area is 115 Å². The van der Waals surface area contributed by atoms with Crippen molar-refractivity contribution in [3.05, 3.63) is 0 Å². The molecule has 0 bridgehead atoms. The lowest BCUT2D eigenvalue weighted by molar-refractivity contribution is -0.160. The van der Waals surface area contributed by atoms with Crippen molar-refractivity contribution in [3.63, 3.8) is 0 Å². The van der Waals surface area contributed by atoms with Crippen molar-refractivity contribution in [2.45, 2.75) is 58.7 Å². The van der Waals surface area contributed by atoms with Crippen LogP contribution in [0.5, 0.6) is 0 Å². The third kappa shape index (κ3) is 2.91. The highest BCUT2D eigenvalue weighted by molar-refractivity contribution is 5.99. The highest BCUT2D eigenvalue weighted by Gasteiger charge is 2.49. The molecule has 0 aliphatic carbocycles. The van der Waals surface area contributed by atoms with Crippen LogP contribution in [-0.2, 0) is 14.3 Å². The van der Waals surface area contributed by atoms with Crippen LogP contribution in [0.3, 0.4) is 0 Å². The van der Waals surface area contributed by atoms with Crippen molar-refractivity contribution in [1.29, 1.82) is 0 Å². The van der Waals surface area contributed by atoms with Crippen LogP contribution in [0.2, 0.25) is 0 Å². The van der Waals surface area contributed by atoms with Gasteiger partial charge in [-0.1, -0.05) is 20.8 Å². The number of nitrogens with zero attached hydrogens (tertiary/aromatic N) is 1. The maximum atomic E-state index is 12.6. The molecule has 5 heteroatoms. The highest BCUT2D eigenvalue weighted by atomic mass is 16.5. The average Bonchev–Trinajstić information content (AvgIpc) is 2.38. The molecule has 1 heterocycles. The van der Waals surface area contributed by atoms with E-state index in [2.05, 4.69) is 5.32 Å². The molecule has 1 fully saturated rings. The van der Waals surface area contributed by atoms with E-state index in [-0.39, 0.29) is 23.8 Å². The molecule has 3 atom stereocenters. The summed E-state index contributed by atoms with van der Waals surface area (Å²) in [6.07, 6.45) is 0.500. The van der Waals surface area contributed by atoms with Gasteiger partial charge in [-0.3, -0.25) is 9.59 Å². The molecular formula is C14H26N2O3. The van der Waals surface area contributed by atoms with Gasteiger partial charge in [0.2, 0.25) is 11.8 Å². The molecule has 1 aliphatic heterocycles. The van der Waals surface area contributed by atoms with Gasteiger partial charge in [-0.25, -0.2) is 0 Å². The van der Waals surface area contributed by atoms with E-state index in [9.17, 15) is 9.59 Å². The summed E-state index contributed by atoms with van der Waals surface area (Å²) >= 11 is 0. The minimum absolute atomic E-state index is 0.0112. The fraction of sp³-hybridized carbons (Fsp3) is 0.857. The molecule has 1 N–H and O–H groups in total. The summed E-state index contributed by atoms with van der Waals surface area (Å²) < 4.78 is 5.24. The van der Waals surface area contributed by atoms with Crippen molar-refractivity contribution in [1.82, 2.24) is 10.2 Å². The minimum atomic E-state index is -0.782. The van der Waals surface area contributed by atoms with Gasteiger partial charge in [-0.05, 0) is 26.2 Å². The summed E-state index contributed by atoms with van der Waals surface area (Å²) in [5, 5.41) is 2.86. The third-order valence-corrected chi connectivity index (χ3v) is 4.10. The largest absolute Gasteiger partial charge is 0.380 e. The highest BCUT2D eigenvalue weighted by Crippen LogP contribution is 2.27. The zero-order valence-corrected chi connectivity index (χ0v) is 12.8. The van der Waals surface area contributed by atoms with E-state index in [1.807, 2.05) is 34.6 Å². The van der Waals surface area contributed by atoms with Crippen LogP contribution in [0.15, 0.2) is 0 Å². The van der Waals surface area contributed by atoms with Crippen molar-refractivity contribution in [2.75, 3.05) is 13.7 Å². The first-order valence-corrected chi connectivity index (χ1v) is 6.93. The van der Waals surface area contributed by atoms with Gasteiger partial charge >= 0.3 is 0 Å². The molecule has 110 valence electrons. The van der Waals surface area contributed by atoms with Crippen LogP contribution in [-0.4, -0.2) is 48.1 Å². The number of ether oxygens (including phenoxy) is 1. The number of hydrogen-bond donors (Lipinski definition) is 1. The lowest BCUT2D eigenvalue weighted by Gasteiger charge is -2.47. The Bertz CT molecular complexity index is 357. The predicted octanol–water partition coefficient (Wildman–Crippen LogP) is 1.17. The summed E-state index contributed by atoms with van der Waals surface area (Å²) in [5.41, 5.74) is -0.782. The first kappa shape index (κ1) is 16.0. The Balaban J connectivity index is 3.07. The van der Waals surface area contributed by atoms with E-state index in [1.165, 1.54) is 0 Å². The zero-order chi connectivity index (χ0) is 14.8. The molecule has 0 aromatic rings. The molecule has 1 rings (SSSR count). The zero-order valence-electron chi connectivity index (χ0n) is 12.8. The summed E-state index contributed by atoms with van der Waals surface area (Å²) in [6, 6.07) is -0.434. The number of hydrogen-bond acceptors (Lipinski definition) is 3. The molecule has 0 radical (unpaired) electrons. The van der Waals surface area contributed by atoms with Gasteiger partial charge < -0.3 is 15.0 Å². The van der Waals surface area contributed by atoms with Crippen LogP contribution in [0.25, 0.3) is 0 Å². The second kappa shape index (κ2) is 5.90. The molecule has 2 amide bonds. The number of nitrogens with one attached hydrogen (secondary N) is 1. The van der Waals surface area contributed by atoms with Crippen molar-refractivity contribution < 1.29 is 14.3 Å². The number of piperazine rings is 1. The second-order valence-corrected chi connectivity index (χ2v) is 5.82. The van der Waals surface area contributed by atoms with E-state index < -0.39 is 11.6 Å². The Morgan fingerprint density at radius 1 is 1.37 bits per heavy atom. The average molecular weight is 270 g/mol. The Hall–Kier alpha value is -1.10. The number of carbonyl (C=O) groups is 2. The van der Waals surface area contributed by atoms with Gasteiger partial charge in [-0.2, -0.15) is 0 Å². The fourth-order valence-corrected chi connectivity index (χ4v) is 2.32. The number of amides is 2. The van der Waals surface area contributed by atoms with Crippen LogP contribution in [0.4, 0.5) is 0 Å². The summed E-state index contributed by atoms with van der Waals surface area (Å²) in [7, 11) is 1.61. The number of carbonyl (C=O) groups excluding carboxylic acids is 2. The van der Waals surface area contributed by atoms with E-state index in [1.54, 1.807) is 12.0 Å². The Kier molecular flexibility index (Phi) is 4.96. The SMILES string of the molecule is CCC1(C)C(=O)NC(C(C)C)C(=O)N1CC(C)OC. The summed E-state index contributed by atoms with van der Waals surface area (Å²) in [4.78, 5) is 26.6. The smallest absolute Gasteiger partial charge is 0.246 e. The van der Waals surface area contributed by atoms with Crippen molar-refractivity contribution in [2.24, 2.45) is 5.92 Å². The van der Waals surface area contributed by atoms with Crippen LogP contribution in [0, 0.1) is 5.92 Å². The third-order valence-electron chi connectivity index (χ3n) is 4.10. The molecular weight excluding hydrogens is 244 g/mol. The van der Waals surface area contributed by atoms with E-state index in [0.717, 1.165) is 0 Å². The monoisotopic (exact) mass is 270 g/mol. The fourth-order valence-electron chi connectivity index (χ4n) is 2.32. The second-order valence-electron chi connectivity index (χ2n) is 5.82. The van der Waals surface area contributed by atoms with Gasteiger partial charge in [-0.15, -0.1) is 0 Å². The lowest BCUT2D eigenvalue weighted by Crippen LogP contribution is -2.71. The molecule has 0 aromatic carbocycles. The van der Waals surface area contributed by atoms with E-state index in [0.29, 0.717) is 13.0 Å². The Morgan fingerprint density at radius 2 is 1.95 bits per heavy atom. The van der Waals surface area contributed by atoms with Crippen molar-refractivity contribution >= 4 is 11.8 Å². The van der Waals surface area contributed by atoms with Crippen LogP contribution >= 0.6 is 0 Å². The van der Waals surface area contributed by atoms with Crippen LogP contribution < -0.4 is 5.32 Å². The minimum Gasteiger partial charge on any atom is -0.380 e. The maximum Gasteiger partial charge on any atom is 0.246 e. The molecule has 1 saturated heterocycles. The van der Waals surface area contributed by atoms with Gasteiger partial charge in [0, 0.05) is 13.7 Å². The van der Waals surface area contributed by atoms with E-state index >= 15 is 0 Å². The molecule has 0 aromatic heterocycles. The van der Waals surface area contributed by atoms with Gasteiger partial charge in [0.05, 0.1) is 6.10 Å². The molecule has 1 aliphatic rings. The quantitative estimate of drug-likeness (QED) is 0.816. The lowest BCUT2D eigenvalue weighted by atomic mass is 9.87. The maximum absolute atomic E-state index is 12.6. The van der Waals surface area contributed by atoms with E-state index in [4.69, 9.17) is 4.74 Å². The van der Waals surface area contributed by atoms with Gasteiger partial charge in [0.15, 0.2) is 0 Å². The molecule has 0 saturated carbocycles. The topological polar surface area (TPSA) is 58.6 Å². The first-order chi connectivity index (χ1) is 8.77. The number of methoxy groups -OCH3 is 1. The molecule has 5 nitrogen and oxygen atoms in total. The molecule has 19 heavy (non-hydrogen) atoms.